The number of hydrogen-bond donors (Lipinski definition) is 4. The first-order valence-electron chi connectivity index (χ1n) is 5.56. The molecule has 9 nitrogen and oxygen atoms in total. The van der Waals surface area contributed by atoms with Gasteiger partial charge in [0.05, 0.1) is 18.0 Å². The van der Waals surface area contributed by atoms with Crippen LogP contribution in [0.5, 0.6) is 0 Å². The third kappa shape index (κ3) is 4.53. The number of nitrogens with one attached hydrogen (secondary N) is 2. The van der Waals surface area contributed by atoms with E-state index in [1.165, 1.54) is 18.2 Å². The molecule has 2 amide bonds. The largest absolute Gasteiger partial charge is 0.479 e. The van der Waals surface area contributed by atoms with E-state index in [0.29, 0.717) is 5.56 Å². The zero-order chi connectivity index (χ0) is 15.1. The van der Waals surface area contributed by atoms with Crippen LogP contribution in [0.4, 0.5) is 10.5 Å². The Morgan fingerprint density at radius 1 is 1.30 bits per heavy atom. The standard InChI is InChI=1S/C11H13N3O6/c15-9(10(16)17)6-13-11(18)12-5-7-3-1-2-4-8(7)14(19)20/h1-4,9,15H,5-6H2,(H,16,17)(H2,12,13,18). The third-order valence-corrected chi connectivity index (χ3v) is 2.37. The highest BCUT2D eigenvalue weighted by molar-refractivity contribution is 5.76. The number of amides is 2. The minimum atomic E-state index is -1.70. The van der Waals surface area contributed by atoms with E-state index < -0.39 is 29.6 Å². The molecule has 0 spiro atoms. The van der Waals surface area contributed by atoms with Crippen LogP contribution in [0.2, 0.25) is 0 Å². The highest BCUT2D eigenvalue weighted by Gasteiger charge is 2.15. The van der Waals surface area contributed by atoms with Crippen molar-refractivity contribution in [1.82, 2.24) is 10.6 Å². The predicted octanol–water partition coefficient (Wildman–Crippen LogP) is -0.161. The molecule has 0 radical (unpaired) electrons. The smallest absolute Gasteiger partial charge is 0.334 e. The molecule has 0 saturated heterocycles. The maximum absolute atomic E-state index is 11.3. The van der Waals surface area contributed by atoms with Crippen molar-refractivity contribution < 1.29 is 24.7 Å². The van der Waals surface area contributed by atoms with Crippen molar-refractivity contribution in [2.75, 3.05) is 6.54 Å². The Kier molecular flexibility index (Phi) is 5.42. The molecule has 4 N–H and O–H groups in total. The fraction of sp³-hybridized carbons (Fsp3) is 0.273. The van der Waals surface area contributed by atoms with Crippen LogP contribution in [0, 0.1) is 10.1 Å². The summed E-state index contributed by atoms with van der Waals surface area (Å²) in [6.45, 7) is -0.551. The number of nitro benzene ring substituents is 1. The number of nitrogens with zero attached hydrogens (tertiary/aromatic N) is 1. The summed E-state index contributed by atoms with van der Waals surface area (Å²) in [4.78, 5) is 31.8. The van der Waals surface area contributed by atoms with Gasteiger partial charge >= 0.3 is 12.0 Å². The van der Waals surface area contributed by atoms with Crippen LogP contribution >= 0.6 is 0 Å². The monoisotopic (exact) mass is 283 g/mol. The maximum Gasteiger partial charge on any atom is 0.334 e. The average molecular weight is 283 g/mol. The first kappa shape index (κ1) is 15.4. The molecule has 0 bridgehead atoms. The Morgan fingerprint density at radius 3 is 2.55 bits per heavy atom. The number of rotatable bonds is 6. The summed E-state index contributed by atoms with van der Waals surface area (Å²) < 4.78 is 0. The molecule has 108 valence electrons. The van der Waals surface area contributed by atoms with Gasteiger partial charge in [-0.2, -0.15) is 0 Å². The Balaban J connectivity index is 2.49. The van der Waals surface area contributed by atoms with Crippen molar-refractivity contribution in [3.8, 4) is 0 Å². The molecule has 1 aromatic rings. The maximum atomic E-state index is 11.3. The zero-order valence-electron chi connectivity index (χ0n) is 10.3. The lowest BCUT2D eigenvalue weighted by Gasteiger charge is -2.09. The van der Waals surface area contributed by atoms with Crippen LogP contribution in [0.1, 0.15) is 5.56 Å². The molecule has 1 rings (SSSR count). The minimum absolute atomic E-state index is 0.0911. The van der Waals surface area contributed by atoms with E-state index in [0.717, 1.165) is 0 Å². The van der Waals surface area contributed by atoms with Gasteiger partial charge in [-0.25, -0.2) is 9.59 Å². The fourth-order valence-electron chi connectivity index (χ4n) is 1.35. The molecule has 0 aliphatic heterocycles. The first-order valence-corrected chi connectivity index (χ1v) is 5.56. The van der Waals surface area contributed by atoms with E-state index in [-0.39, 0.29) is 12.2 Å². The van der Waals surface area contributed by atoms with Crippen molar-refractivity contribution >= 4 is 17.7 Å². The van der Waals surface area contributed by atoms with E-state index in [4.69, 9.17) is 10.2 Å². The number of para-hydroxylation sites is 1. The van der Waals surface area contributed by atoms with Gasteiger partial charge in [-0.05, 0) is 0 Å². The number of carbonyl (C=O) groups is 2. The van der Waals surface area contributed by atoms with Gasteiger partial charge in [-0.15, -0.1) is 0 Å². The number of carboxylic acid groups (broad SMARTS) is 1. The molecule has 0 heterocycles. The second kappa shape index (κ2) is 7.04. The van der Waals surface area contributed by atoms with Crippen LogP contribution in [0.3, 0.4) is 0 Å². The van der Waals surface area contributed by atoms with Gasteiger partial charge in [0.2, 0.25) is 0 Å². The van der Waals surface area contributed by atoms with Gasteiger partial charge in [0.25, 0.3) is 5.69 Å². The van der Waals surface area contributed by atoms with E-state index >= 15 is 0 Å². The van der Waals surface area contributed by atoms with Gasteiger partial charge < -0.3 is 20.8 Å². The minimum Gasteiger partial charge on any atom is -0.479 e. The second-order valence-electron chi connectivity index (χ2n) is 3.80. The van der Waals surface area contributed by atoms with E-state index in [9.17, 15) is 19.7 Å². The molecular formula is C11H13N3O6. The molecule has 0 fully saturated rings. The van der Waals surface area contributed by atoms with Crippen LogP contribution in [-0.2, 0) is 11.3 Å². The Bertz CT molecular complexity index is 519. The van der Waals surface area contributed by atoms with E-state index in [2.05, 4.69) is 10.6 Å². The number of urea groups is 1. The molecule has 0 saturated carbocycles. The van der Waals surface area contributed by atoms with Gasteiger partial charge in [-0.3, -0.25) is 10.1 Å². The number of aliphatic hydroxyl groups excluding tert-OH is 1. The van der Waals surface area contributed by atoms with Crippen molar-refractivity contribution in [3.63, 3.8) is 0 Å². The third-order valence-electron chi connectivity index (χ3n) is 2.37. The quantitative estimate of drug-likeness (QED) is 0.422. The van der Waals surface area contributed by atoms with Crippen LogP contribution in [-0.4, -0.2) is 39.8 Å². The van der Waals surface area contributed by atoms with Gasteiger partial charge in [0, 0.05) is 11.6 Å². The SMILES string of the molecule is O=C(NCc1ccccc1[N+](=O)[O-])NCC(O)C(=O)O. The van der Waals surface area contributed by atoms with Gasteiger partial charge in [0.15, 0.2) is 6.10 Å². The molecule has 0 aliphatic carbocycles. The number of hydrogen-bond acceptors (Lipinski definition) is 5. The van der Waals surface area contributed by atoms with Crippen molar-refractivity contribution in [1.29, 1.82) is 0 Å². The van der Waals surface area contributed by atoms with E-state index in [1.54, 1.807) is 6.07 Å². The summed E-state index contributed by atoms with van der Waals surface area (Å²) in [5.41, 5.74) is 0.185. The van der Waals surface area contributed by atoms with E-state index in [1.807, 2.05) is 0 Å². The number of aliphatic hydroxyl groups is 1. The lowest BCUT2D eigenvalue weighted by atomic mass is 10.2. The number of benzene rings is 1. The lowest BCUT2D eigenvalue weighted by Crippen LogP contribution is -2.41. The van der Waals surface area contributed by atoms with Crippen LogP contribution in [0.25, 0.3) is 0 Å². The fourth-order valence-corrected chi connectivity index (χ4v) is 1.35. The summed E-state index contributed by atoms with van der Waals surface area (Å²) in [7, 11) is 0. The highest BCUT2D eigenvalue weighted by Crippen LogP contribution is 2.16. The molecule has 0 aliphatic rings. The summed E-state index contributed by atoms with van der Waals surface area (Å²) in [5.74, 6) is -1.45. The number of carbonyl (C=O) groups excluding carboxylic acids is 1. The first-order chi connectivity index (χ1) is 9.41. The molecule has 20 heavy (non-hydrogen) atoms. The molecule has 9 heteroatoms. The van der Waals surface area contributed by atoms with Gasteiger partial charge in [-0.1, -0.05) is 18.2 Å². The number of aliphatic carboxylic acids is 1. The Hall–Kier alpha value is -2.68. The summed E-state index contributed by atoms with van der Waals surface area (Å²) in [5, 5.41) is 32.5. The topological polar surface area (TPSA) is 142 Å². The normalized spacial score (nSPS) is 11.4. The predicted molar refractivity (Wildman–Crippen MR) is 67.0 cm³/mol. The zero-order valence-corrected chi connectivity index (χ0v) is 10.3. The van der Waals surface area contributed by atoms with Crippen molar-refractivity contribution in [2.45, 2.75) is 12.6 Å². The number of nitro groups is 1. The highest BCUT2D eigenvalue weighted by atomic mass is 16.6. The summed E-state index contributed by atoms with van der Waals surface area (Å²) in [6.07, 6.45) is -1.70. The molecule has 1 unspecified atom stereocenters. The van der Waals surface area contributed by atoms with Crippen molar-refractivity contribution in [2.24, 2.45) is 0 Å². The average Bonchev–Trinajstić information content (AvgIpc) is 2.42. The second-order valence-corrected chi connectivity index (χ2v) is 3.80. The Labute approximate surface area is 113 Å². The van der Waals surface area contributed by atoms with Gasteiger partial charge in [0.1, 0.15) is 0 Å². The summed E-state index contributed by atoms with van der Waals surface area (Å²) >= 11 is 0. The van der Waals surface area contributed by atoms with Crippen LogP contribution in [0.15, 0.2) is 24.3 Å². The molecular weight excluding hydrogens is 270 g/mol. The van der Waals surface area contributed by atoms with Crippen LogP contribution < -0.4 is 10.6 Å². The molecule has 0 aromatic heterocycles. The number of carboxylic acids is 1. The lowest BCUT2D eigenvalue weighted by molar-refractivity contribution is -0.385. The molecule has 1 atom stereocenters. The van der Waals surface area contributed by atoms with Crippen molar-refractivity contribution in [3.05, 3.63) is 39.9 Å². The Morgan fingerprint density at radius 2 is 1.95 bits per heavy atom. The summed E-state index contributed by atoms with van der Waals surface area (Å²) in [6, 6.07) is 5.16. The molecule has 1 aromatic carbocycles.